The van der Waals surface area contributed by atoms with E-state index in [0.717, 1.165) is 10.9 Å². The molecule has 0 radical (unpaired) electrons. The molecule has 0 bridgehead atoms. The lowest BCUT2D eigenvalue weighted by Crippen LogP contribution is -2.03. The number of fused-ring (bicyclic) bond motifs is 1. The topological polar surface area (TPSA) is 82.2 Å². The Morgan fingerprint density at radius 3 is 2.80 bits per heavy atom. The van der Waals surface area contributed by atoms with Crippen molar-refractivity contribution in [2.45, 2.75) is 6.61 Å². The van der Waals surface area contributed by atoms with Gasteiger partial charge in [0.25, 0.3) is 0 Å². The van der Waals surface area contributed by atoms with Gasteiger partial charge in [-0.1, -0.05) is 18.2 Å². The highest BCUT2D eigenvalue weighted by Gasteiger charge is 2.04. The third kappa shape index (κ3) is 2.35. The van der Waals surface area contributed by atoms with Crippen molar-refractivity contribution in [1.82, 2.24) is 4.98 Å². The highest BCUT2D eigenvalue weighted by Crippen LogP contribution is 2.18. The van der Waals surface area contributed by atoms with E-state index in [2.05, 4.69) is 9.17 Å². The van der Waals surface area contributed by atoms with E-state index in [1.165, 1.54) is 0 Å². The van der Waals surface area contributed by atoms with Gasteiger partial charge in [-0.05, 0) is 6.07 Å². The Balaban J connectivity index is 2.29. The van der Waals surface area contributed by atoms with Crippen LogP contribution in [0.2, 0.25) is 0 Å². The number of benzene rings is 1. The van der Waals surface area contributed by atoms with E-state index >= 15 is 0 Å². The molecule has 0 spiro atoms. The molecule has 0 amide bonds. The first kappa shape index (κ1) is 10.2. The number of para-hydroxylation sites is 1. The molecule has 1 N–H and O–H groups in total. The summed E-state index contributed by atoms with van der Waals surface area (Å²) in [5, 5.41) is 0.848. The van der Waals surface area contributed by atoms with Crippen molar-refractivity contribution in [2.75, 3.05) is 0 Å². The van der Waals surface area contributed by atoms with Gasteiger partial charge in [0.1, 0.15) is 0 Å². The maximum atomic E-state index is 10.3. The highest BCUT2D eigenvalue weighted by atomic mass is 32.3. The van der Waals surface area contributed by atoms with Crippen LogP contribution in [0.15, 0.2) is 30.5 Å². The van der Waals surface area contributed by atoms with Crippen molar-refractivity contribution in [3.05, 3.63) is 36.0 Å². The molecule has 0 unspecified atom stereocenters. The molecule has 1 aromatic carbocycles. The van der Waals surface area contributed by atoms with Gasteiger partial charge >= 0.3 is 0 Å². The normalized spacial score (nSPS) is 12.1. The van der Waals surface area contributed by atoms with E-state index in [-0.39, 0.29) is 6.61 Å². The second-order valence-electron chi connectivity index (χ2n) is 3.03. The fourth-order valence-corrected chi connectivity index (χ4v) is 1.66. The summed E-state index contributed by atoms with van der Waals surface area (Å²) in [5.41, 5.74) is 1.52. The van der Waals surface area contributed by atoms with Crippen molar-refractivity contribution < 1.29 is 17.2 Å². The monoisotopic (exact) mass is 226 g/mol. The van der Waals surface area contributed by atoms with Gasteiger partial charge in [0.2, 0.25) is 10.4 Å². The summed E-state index contributed by atoms with van der Waals surface area (Å²) in [5.74, 6) is 0. The average Bonchev–Trinajstić information content (AvgIpc) is 2.57. The number of hydrogen-bond donors (Lipinski definition) is 1. The Hall–Kier alpha value is -1.37. The lowest BCUT2D eigenvalue weighted by molar-refractivity contribution is 0.254. The number of H-pyrrole nitrogens is 1. The number of aromatic nitrogens is 1. The molecule has 1 aromatic heterocycles. The number of rotatable bonds is 3. The van der Waals surface area contributed by atoms with Crippen molar-refractivity contribution in [3.8, 4) is 0 Å². The zero-order chi connectivity index (χ0) is 10.9. The maximum absolute atomic E-state index is 10.3. The minimum absolute atomic E-state index is 0.240. The standard InChI is InChI=1S/C9H9NO4S/c11-15(12,13)14-6-7-5-10-9-4-2-1-3-8(7)9/h1-5,10H,6H2,(H,11,12,13)/p-1. The highest BCUT2D eigenvalue weighted by molar-refractivity contribution is 7.80. The molecule has 0 atom stereocenters. The van der Waals surface area contributed by atoms with Crippen molar-refractivity contribution in [3.63, 3.8) is 0 Å². The van der Waals surface area contributed by atoms with Crippen LogP contribution in [0.4, 0.5) is 0 Å². The van der Waals surface area contributed by atoms with Crippen LogP contribution in [0, 0.1) is 0 Å². The first-order valence-corrected chi connectivity index (χ1v) is 5.55. The fraction of sp³-hybridized carbons (Fsp3) is 0.111. The van der Waals surface area contributed by atoms with Gasteiger partial charge in [0, 0.05) is 22.7 Å². The van der Waals surface area contributed by atoms with E-state index in [1.807, 2.05) is 24.3 Å². The molecule has 5 nitrogen and oxygen atoms in total. The molecule has 0 saturated heterocycles. The molecule has 0 aliphatic rings. The molecule has 0 saturated carbocycles. The molecule has 0 aliphatic carbocycles. The van der Waals surface area contributed by atoms with E-state index in [9.17, 15) is 13.0 Å². The van der Waals surface area contributed by atoms with Gasteiger partial charge in [-0.25, -0.2) is 8.42 Å². The SMILES string of the molecule is O=S(=O)([O-])OCc1c[nH]c2ccccc12. The number of aromatic amines is 1. The minimum atomic E-state index is -4.63. The second kappa shape index (κ2) is 3.65. The van der Waals surface area contributed by atoms with Gasteiger partial charge < -0.3 is 9.54 Å². The Morgan fingerprint density at radius 2 is 2.07 bits per heavy atom. The fourth-order valence-electron chi connectivity index (χ4n) is 1.39. The van der Waals surface area contributed by atoms with Crippen molar-refractivity contribution >= 4 is 21.3 Å². The van der Waals surface area contributed by atoms with Crippen molar-refractivity contribution in [2.24, 2.45) is 0 Å². The second-order valence-corrected chi connectivity index (χ2v) is 4.08. The Labute approximate surface area is 86.6 Å². The smallest absolute Gasteiger partial charge is 0.217 e. The molecule has 0 aliphatic heterocycles. The predicted molar refractivity (Wildman–Crippen MR) is 52.8 cm³/mol. The zero-order valence-corrected chi connectivity index (χ0v) is 8.45. The van der Waals surface area contributed by atoms with Crippen LogP contribution >= 0.6 is 0 Å². The summed E-state index contributed by atoms with van der Waals surface area (Å²) in [7, 11) is -4.63. The molecular formula is C9H8NO4S-. The molecule has 2 rings (SSSR count). The Kier molecular flexibility index (Phi) is 2.47. The Bertz CT molecular complexity index is 573. The lowest BCUT2D eigenvalue weighted by Gasteiger charge is -2.06. The average molecular weight is 226 g/mol. The first-order valence-electron chi connectivity index (χ1n) is 4.21. The van der Waals surface area contributed by atoms with E-state index < -0.39 is 10.4 Å². The van der Waals surface area contributed by atoms with Crippen LogP contribution in [0.25, 0.3) is 10.9 Å². The molecular weight excluding hydrogens is 218 g/mol. The summed E-state index contributed by atoms with van der Waals surface area (Å²) >= 11 is 0. The van der Waals surface area contributed by atoms with Crippen LogP contribution in [0.3, 0.4) is 0 Å². The summed E-state index contributed by atoms with van der Waals surface area (Å²) in [4.78, 5) is 2.95. The molecule has 80 valence electrons. The van der Waals surface area contributed by atoms with E-state index in [1.54, 1.807) is 6.20 Å². The van der Waals surface area contributed by atoms with Gasteiger partial charge in [-0.3, -0.25) is 4.18 Å². The van der Waals surface area contributed by atoms with Gasteiger partial charge in [-0.15, -0.1) is 0 Å². The molecule has 1 heterocycles. The summed E-state index contributed by atoms with van der Waals surface area (Å²) in [6.45, 7) is -0.240. The largest absolute Gasteiger partial charge is 0.726 e. The third-order valence-electron chi connectivity index (χ3n) is 2.03. The third-order valence-corrected chi connectivity index (χ3v) is 2.44. The van der Waals surface area contributed by atoms with Crippen LogP contribution in [-0.4, -0.2) is 18.0 Å². The number of hydrogen-bond acceptors (Lipinski definition) is 4. The van der Waals surface area contributed by atoms with Gasteiger partial charge in [0.05, 0.1) is 6.61 Å². The first-order chi connectivity index (χ1) is 7.06. The molecule has 2 aromatic rings. The number of nitrogens with one attached hydrogen (secondary N) is 1. The summed E-state index contributed by atoms with van der Waals surface area (Å²) in [6.07, 6.45) is 1.62. The Morgan fingerprint density at radius 1 is 1.33 bits per heavy atom. The zero-order valence-electron chi connectivity index (χ0n) is 7.64. The molecule has 0 fully saturated rings. The molecule has 15 heavy (non-hydrogen) atoms. The van der Waals surface area contributed by atoms with E-state index in [0.29, 0.717) is 5.56 Å². The summed E-state index contributed by atoms with van der Waals surface area (Å²) in [6, 6.07) is 7.35. The van der Waals surface area contributed by atoms with Crippen LogP contribution in [0.1, 0.15) is 5.56 Å². The van der Waals surface area contributed by atoms with Crippen molar-refractivity contribution in [1.29, 1.82) is 0 Å². The quantitative estimate of drug-likeness (QED) is 0.628. The van der Waals surface area contributed by atoms with Crippen LogP contribution in [0.5, 0.6) is 0 Å². The molecule has 6 heteroatoms. The van der Waals surface area contributed by atoms with Gasteiger partial charge in [0.15, 0.2) is 0 Å². The lowest BCUT2D eigenvalue weighted by atomic mass is 10.2. The van der Waals surface area contributed by atoms with Crippen LogP contribution < -0.4 is 0 Å². The maximum Gasteiger partial charge on any atom is 0.217 e. The minimum Gasteiger partial charge on any atom is -0.726 e. The van der Waals surface area contributed by atoms with Gasteiger partial charge in [-0.2, -0.15) is 0 Å². The van der Waals surface area contributed by atoms with E-state index in [4.69, 9.17) is 0 Å². The summed E-state index contributed by atoms with van der Waals surface area (Å²) < 4.78 is 35.0. The van der Waals surface area contributed by atoms with Crippen LogP contribution in [-0.2, 0) is 21.2 Å². The predicted octanol–water partition coefficient (Wildman–Crippen LogP) is 1.14.